The fourth-order valence-corrected chi connectivity index (χ4v) is 3.49. The smallest absolute Gasteiger partial charge is 0.331 e. The minimum Gasteiger partial charge on any atom is -0.490 e. The van der Waals surface area contributed by atoms with E-state index in [9.17, 15) is 9.59 Å². The minimum absolute atomic E-state index is 0.216. The Labute approximate surface area is 200 Å². The van der Waals surface area contributed by atoms with Gasteiger partial charge in [0.15, 0.2) is 17.6 Å². The summed E-state index contributed by atoms with van der Waals surface area (Å²) in [5, 5.41) is 0. The Morgan fingerprint density at radius 2 is 1.79 bits per heavy atom. The summed E-state index contributed by atoms with van der Waals surface area (Å²) in [7, 11) is 0. The number of hydrogen-bond acceptors (Lipinski definition) is 8. The normalized spacial score (nSPS) is 14.7. The van der Waals surface area contributed by atoms with Gasteiger partial charge in [0, 0.05) is 44.6 Å². The van der Waals surface area contributed by atoms with Crippen LogP contribution in [0.1, 0.15) is 32.8 Å². The summed E-state index contributed by atoms with van der Waals surface area (Å²) in [5.74, 6) is 1.14. The number of esters is 1. The van der Waals surface area contributed by atoms with Crippen LogP contribution in [0.5, 0.6) is 11.5 Å². The Kier molecular flexibility index (Phi) is 9.25. The van der Waals surface area contributed by atoms with Crippen LogP contribution in [-0.4, -0.2) is 72.2 Å². The molecule has 9 heteroatoms. The standard InChI is InChI=1S/C25H32N4O5/c1-4-17-33-21-9-7-20(18-22(21)32-5-2)8-10-23(30)34-19(3)24(31)28-13-15-29(16-14-28)25-26-11-6-12-27-25/h6-12,18-19H,4-5,13-17H2,1-3H3/b10-8+. The lowest BCUT2D eigenvalue weighted by atomic mass is 10.2. The van der Waals surface area contributed by atoms with Crippen LogP contribution in [0.2, 0.25) is 0 Å². The number of amides is 1. The highest BCUT2D eigenvalue weighted by atomic mass is 16.5. The van der Waals surface area contributed by atoms with E-state index in [1.165, 1.54) is 6.08 Å². The highest BCUT2D eigenvalue weighted by Crippen LogP contribution is 2.29. The van der Waals surface area contributed by atoms with Crippen molar-refractivity contribution in [3.05, 3.63) is 48.3 Å². The maximum absolute atomic E-state index is 12.7. The van der Waals surface area contributed by atoms with Crippen LogP contribution < -0.4 is 14.4 Å². The maximum atomic E-state index is 12.7. The van der Waals surface area contributed by atoms with Gasteiger partial charge >= 0.3 is 5.97 Å². The van der Waals surface area contributed by atoms with Gasteiger partial charge in [0.05, 0.1) is 13.2 Å². The van der Waals surface area contributed by atoms with Crippen molar-refractivity contribution in [2.45, 2.75) is 33.3 Å². The first-order valence-corrected chi connectivity index (χ1v) is 11.6. The van der Waals surface area contributed by atoms with Gasteiger partial charge < -0.3 is 24.0 Å². The molecule has 1 aliphatic rings. The summed E-state index contributed by atoms with van der Waals surface area (Å²) < 4.78 is 16.7. The number of anilines is 1. The van der Waals surface area contributed by atoms with Gasteiger partial charge in [-0.05, 0) is 50.1 Å². The van der Waals surface area contributed by atoms with Crippen LogP contribution in [0.25, 0.3) is 6.08 Å². The molecule has 1 amide bonds. The SMILES string of the molecule is CCCOc1ccc(/C=C/C(=O)OC(C)C(=O)N2CCN(c3ncccn3)CC2)cc1OCC. The summed E-state index contributed by atoms with van der Waals surface area (Å²) in [4.78, 5) is 37.3. The molecule has 1 aromatic heterocycles. The molecule has 0 spiro atoms. The van der Waals surface area contributed by atoms with Crippen molar-refractivity contribution < 1.29 is 23.8 Å². The van der Waals surface area contributed by atoms with E-state index in [4.69, 9.17) is 14.2 Å². The molecule has 182 valence electrons. The first-order valence-electron chi connectivity index (χ1n) is 11.6. The van der Waals surface area contributed by atoms with Crippen molar-refractivity contribution in [1.82, 2.24) is 14.9 Å². The second kappa shape index (κ2) is 12.6. The van der Waals surface area contributed by atoms with Gasteiger partial charge in [0.1, 0.15) is 0 Å². The van der Waals surface area contributed by atoms with E-state index >= 15 is 0 Å². The van der Waals surface area contributed by atoms with Crippen LogP contribution in [0, 0.1) is 0 Å². The van der Waals surface area contributed by atoms with Gasteiger partial charge in [-0.15, -0.1) is 0 Å². The summed E-state index contributed by atoms with van der Waals surface area (Å²) >= 11 is 0. The number of carbonyl (C=O) groups is 2. The average Bonchev–Trinajstić information content (AvgIpc) is 2.87. The topological polar surface area (TPSA) is 94.1 Å². The number of nitrogens with zero attached hydrogens (tertiary/aromatic N) is 4. The molecule has 3 rings (SSSR count). The fraction of sp³-hybridized carbons (Fsp3) is 0.440. The maximum Gasteiger partial charge on any atom is 0.331 e. The first-order chi connectivity index (χ1) is 16.5. The third-order valence-corrected chi connectivity index (χ3v) is 5.21. The van der Waals surface area contributed by atoms with Gasteiger partial charge in [-0.25, -0.2) is 14.8 Å². The Hall–Kier alpha value is -3.62. The molecule has 1 fully saturated rings. The lowest BCUT2D eigenvalue weighted by Crippen LogP contribution is -2.52. The van der Waals surface area contributed by atoms with Gasteiger partial charge in [-0.3, -0.25) is 4.79 Å². The van der Waals surface area contributed by atoms with Crippen LogP contribution in [-0.2, 0) is 14.3 Å². The van der Waals surface area contributed by atoms with Gasteiger partial charge in [0.2, 0.25) is 5.95 Å². The molecule has 34 heavy (non-hydrogen) atoms. The summed E-state index contributed by atoms with van der Waals surface area (Å²) in [6.07, 6.45) is 6.35. The second-order valence-electron chi connectivity index (χ2n) is 7.76. The minimum atomic E-state index is -0.875. The number of carbonyl (C=O) groups excluding carboxylic acids is 2. The monoisotopic (exact) mass is 468 g/mol. The molecule has 2 aromatic rings. The molecule has 0 aliphatic carbocycles. The van der Waals surface area contributed by atoms with Gasteiger partial charge in [-0.2, -0.15) is 0 Å². The van der Waals surface area contributed by atoms with Crippen molar-refractivity contribution in [1.29, 1.82) is 0 Å². The van der Waals surface area contributed by atoms with Crippen molar-refractivity contribution in [3.8, 4) is 11.5 Å². The van der Waals surface area contributed by atoms with E-state index in [1.807, 2.05) is 36.9 Å². The van der Waals surface area contributed by atoms with Crippen molar-refractivity contribution in [2.75, 3.05) is 44.3 Å². The van der Waals surface area contributed by atoms with Crippen molar-refractivity contribution in [3.63, 3.8) is 0 Å². The number of benzene rings is 1. The Balaban J connectivity index is 1.51. The van der Waals surface area contributed by atoms with Crippen LogP contribution in [0.3, 0.4) is 0 Å². The Morgan fingerprint density at radius 3 is 2.47 bits per heavy atom. The van der Waals surface area contributed by atoms with Crippen LogP contribution in [0.4, 0.5) is 5.95 Å². The molecule has 9 nitrogen and oxygen atoms in total. The van der Waals surface area contributed by atoms with E-state index in [0.29, 0.717) is 56.8 Å². The van der Waals surface area contributed by atoms with E-state index in [1.54, 1.807) is 36.4 Å². The molecule has 1 aliphatic heterocycles. The summed E-state index contributed by atoms with van der Waals surface area (Å²) in [5.41, 5.74) is 0.766. The number of ether oxygens (including phenoxy) is 3. The second-order valence-corrected chi connectivity index (χ2v) is 7.76. The Bertz CT molecular complexity index is 975. The van der Waals surface area contributed by atoms with Crippen molar-refractivity contribution >= 4 is 23.9 Å². The van der Waals surface area contributed by atoms with Crippen molar-refractivity contribution in [2.24, 2.45) is 0 Å². The quantitative estimate of drug-likeness (QED) is 0.388. The molecule has 1 aromatic carbocycles. The summed E-state index contributed by atoms with van der Waals surface area (Å²) in [6.45, 7) is 8.90. The first kappa shape index (κ1) is 25.0. The molecule has 0 bridgehead atoms. The molecule has 2 heterocycles. The van der Waals surface area contributed by atoms with Gasteiger partial charge in [-0.1, -0.05) is 13.0 Å². The average molecular weight is 469 g/mol. The zero-order chi connectivity index (χ0) is 24.3. The predicted molar refractivity (Wildman–Crippen MR) is 129 cm³/mol. The van der Waals surface area contributed by atoms with E-state index in [2.05, 4.69) is 9.97 Å². The molecule has 1 unspecified atom stereocenters. The zero-order valence-corrected chi connectivity index (χ0v) is 20.0. The summed E-state index contributed by atoms with van der Waals surface area (Å²) in [6, 6.07) is 7.23. The zero-order valence-electron chi connectivity index (χ0n) is 20.0. The van der Waals surface area contributed by atoms with E-state index in [-0.39, 0.29) is 5.91 Å². The highest BCUT2D eigenvalue weighted by Gasteiger charge is 2.27. The van der Waals surface area contributed by atoms with E-state index in [0.717, 1.165) is 12.0 Å². The molecular formula is C25H32N4O5. The Morgan fingerprint density at radius 1 is 1.06 bits per heavy atom. The third kappa shape index (κ3) is 6.94. The lowest BCUT2D eigenvalue weighted by Gasteiger charge is -2.35. The molecule has 0 saturated carbocycles. The molecule has 1 saturated heterocycles. The van der Waals surface area contributed by atoms with Gasteiger partial charge in [0.25, 0.3) is 5.91 Å². The molecule has 1 atom stereocenters. The van der Waals surface area contributed by atoms with Crippen LogP contribution >= 0.6 is 0 Å². The highest BCUT2D eigenvalue weighted by molar-refractivity contribution is 5.90. The third-order valence-electron chi connectivity index (χ3n) is 5.21. The number of hydrogen-bond donors (Lipinski definition) is 0. The van der Waals surface area contributed by atoms with Crippen LogP contribution in [0.15, 0.2) is 42.7 Å². The lowest BCUT2D eigenvalue weighted by molar-refractivity contribution is -0.155. The van der Waals surface area contributed by atoms with E-state index < -0.39 is 12.1 Å². The number of aromatic nitrogens is 2. The number of rotatable bonds is 10. The predicted octanol–water partition coefficient (Wildman–Crippen LogP) is 2.96. The molecule has 0 radical (unpaired) electrons. The number of piperazine rings is 1. The molecular weight excluding hydrogens is 436 g/mol. The fourth-order valence-electron chi connectivity index (χ4n) is 3.49. The molecule has 0 N–H and O–H groups in total. The largest absolute Gasteiger partial charge is 0.490 e.